The predicted octanol–water partition coefficient (Wildman–Crippen LogP) is 11.0. The molecule has 6 aromatic rings. The summed E-state index contributed by atoms with van der Waals surface area (Å²) in [6.45, 7) is 5.39. The van der Waals surface area contributed by atoms with Gasteiger partial charge in [-0.1, -0.05) is 90.2 Å². The maximum atomic E-state index is 6.51. The SMILES string of the molecule is CCCCCCCCNc1cc2ccc3c(oc4c5ccc6cc(C(N)CCCCCCC)oc6c5oc34)c2o1. The molecule has 212 valence electrons. The highest BCUT2D eigenvalue weighted by Crippen LogP contribution is 2.43. The Hall–Kier alpha value is -3.38. The van der Waals surface area contributed by atoms with Crippen molar-refractivity contribution in [3.8, 4) is 0 Å². The van der Waals surface area contributed by atoms with Gasteiger partial charge in [0.25, 0.3) is 0 Å². The topological polar surface area (TPSA) is 90.6 Å². The van der Waals surface area contributed by atoms with E-state index in [1.165, 1.54) is 57.8 Å². The number of anilines is 1. The first-order valence-electron chi connectivity index (χ1n) is 15.4. The fourth-order valence-electron chi connectivity index (χ4n) is 5.88. The zero-order chi connectivity index (χ0) is 27.5. The van der Waals surface area contributed by atoms with E-state index in [0.29, 0.717) is 11.2 Å². The van der Waals surface area contributed by atoms with Gasteiger partial charge in [-0.15, -0.1) is 0 Å². The molecule has 0 saturated heterocycles. The molecule has 3 N–H and O–H groups in total. The van der Waals surface area contributed by atoms with Gasteiger partial charge in [0.1, 0.15) is 5.76 Å². The molecular formula is C34H42N2O4. The average molecular weight is 543 g/mol. The number of hydrogen-bond donors (Lipinski definition) is 2. The van der Waals surface area contributed by atoms with Crippen molar-refractivity contribution in [2.75, 3.05) is 11.9 Å². The second kappa shape index (κ2) is 12.0. The fraction of sp³-hybridized carbons (Fsp3) is 0.471. The third-order valence-corrected chi connectivity index (χ3v) is 8.22. The van der Waals surface area contributed by atoms with Gasteiger partial charge >= 0.3 is 0 Å². The number of nitrogens with one attached hydrogen (secondary N) is 1. The van der Waals surface area contributed by atoms with Crippen molar-refractivity contribution in [1.82, 2.24) is 0 Å². The predicted molar refractivity (Wildman–Crippen MR) is 165 cm³/mol. The van der Waals surface area contributed by atoms with Crippen molar-refractivity contribution >= 4 is 60.9 Å². The summed E-state index contributed by atoms with van der Waals surface area (Å²) in [7, 11) is 0. The molecule has 4 aromatic heterocycles. The van der Waals surface area contributed by atoms with E-state index in [0.717, 1.165) is 81.3 Å². The second-order valence-corrected chi connectivity index (χ2v) is 11.3. The molecule has 0 bridgehead atoms. The first-order chi connectivity index (χ1) is 19.7. The fourth-order valence-corrected chi connectivity index (χ4v) is 5.88. The standard InChI is InChI=1S/C34H42N2O4/c1-3-5-7-9-11-13-19-36-28-21-23-16-18-25-32(30(23)38-28)40-33-24-17-15-22-20-27(26(35)14-12-10-8-6-4-2)37-29(22)31(24)39-34(25)33/h15-18,20-21,26,36H,3-14,19,35H2,1-2H3. The van der Waals surface area contributed by atoms with Crippen molar-refractivity contribution in [2.24, 2.45) is 5.73 Å². The van der Waals surface area contributed by atoms with Gasteiger partial charge in [0.2, 0.25) is 0 Å². The molecule has 0 spiro atoms. The molecule has 0 aliphatic carbocycles. The molecule has 0 radical (unpaired) electrons. The Labute approximate surface area is 235 Å². The van der Waals surface area contributed by atoms with Gasteiger partial charge in [-0.25, -0.2) is 0 Å². The van der Waals surface area contributed by atoms with E-state index in [4.69, 9.17) is 23.4 Å². The summed E-state index contributed by atoms with van der Waals surface area (Å²) < 4.78 is 25.4. The van der Waals surface area contributed by atoms with Crippen LogP contribution in [0.5, 0.6) is 0 Å². The molecule has 1 unspecified atom stereocenters. The highest BCUT2D eigenvalue weighted by Gasteiger charge is 2.23. The quantitative estimate of drug-likeness (QED) is 0.125. The van der Waals surface area contributed by atoms with Crippen molar-refractivity contribution in [1.29, 1.82) is 0 Å². The van der Waals surface area contributed by atoms with Crippen LogP contribution in [0.2, 0.25) is 0 Å². The van der Waals surface area contributed by atoms with E-state index in [1.807, 2.05) is 6.07 Å². The van der Waals surface area contributed by atoms with Crippen molar-refractivity contribution < 1.29 is 17.7 Å². The number of fused-ring (bicyclic) bond motifs is 9. The molecule has 6 heteroatoms. The Balaban J connectivity index is 1.23. The van der Waals surface area contributed by atoms with E-state index in [2.05, 4.69) is 49.5 Å². The Morgan fingerprint density at radius 2 is 1.15 bits per heavy atom. The molecule has 6 nitrogen and oxygen atoms in total. The Bertz CT molecular complexity index is 1720. The van der Waals surface area contributed by atoms with E-state index >= 15 is 0 Å². The Morgan fingerprint density at radius 1 is 0.600 bits per heavy atom. The zero-order valence-corrected chi connectivity index (χ0v) is 23.9. The Morgan fingerprint density at radius 3 is 1.82 bits per heavy atom. The highest BCUT2D eigenvalue weighted by molar-refractivity contribution is 6.20. The molecule has 4 heterocycles. The number of rotatable bonds is 15. The lowest BCUT2D eigenvalue weighted by atomic mass is 10.1. The van der Waals surface area contributed by atoms with E-state index < -0.39 is 0 Å². The number of benzene rings is 2. The summed E-state index contributed by atoms with van der Waals surface area (Å²) in [5.74, 6) is 1.59. The van der Waals surface area contributed by atoms with Crippen LogP contribution in [0.4, 0.5) is 5.88 Å². The molecule has 0 aliphatic heterocycles. The van der Waals surface area contributed by atoms with Gasteiger partial charge in [-0.2, -0.15) is 0 Å². The number of unbranched alkanes of at least 4 members (excludes halogenated alkanes) is 9. The maximum absolute atomic E-state index is 6.51. The lowest BCUT2D eigenvalue weighted by Gasteiger charge is -2.07. The normalized spacial score (nSPS) is 13.1. The van der Waals surface area contributed by atoms with Crippen LogP contribution in [0.25, 0.3) is 55.0 Å². The van der Waals surface area contributed by atoms with E-state index in [-0.39, 0.29) is 6.04 Å². The largest absolute Gasteiger partial charge is 0.455 e. The molecule has 0 amide bonds. The Kier molecular flexibility index (Phi) is 8.05. The third kappa shape index (κ3) is 5.22. The average Bonchev–Trinajstić information content (AvgIpc) is 3.72. The van der Waals surface area contributed by atoms with Crippen LogP contribution in [0.3, 0.4) is 0 Å². The van der Waals surface area contributed by atoms with Crippen LogP contribution >= 0.6 is 0 Å². The highest BCUT2D eigenvalue weighted by atomic mass is 16.4. The lowest BCUT2D eigenvalue weighted by molar-refractivity contribution is 0.459. The van der Waals surface area contributed by atoms with Crippen LogP contribution in [0.1, 0.15) is 103 Å². The number of nitrogens with two attached hydrogens (primary N) is 1. The van der Waals surface area contributed by atoms with Crippen LogP contribution in [-0.2, 0) is 0 Å². The van der Waals surface area contributed by atoms with Gasteiger partial charge in [0, 0.05) is 23.4 Å². The van der Waals surface area contributed by atoms with Gasteiger partial charge in [0.15, 0.2) is 39.4 Å². The van der Waals surface area contributed by atoms with E-state index in [9.17, 15) is 0 Å². The first-order valence-corrected chi connectivity index (χ1v) is 15.4. The van der Waals surface area contributed by atoms with Crippen LogP contribution in [-0.4, -0.2) is 6.54 Å². The minimum absolute atomic E-state index is 0.112. The summed E-state index contributed by atoms with van der Waals surface area (Å²) in [4.78, 5) is 0. The molecule has 2 aromatic carbocycles. The van der Waals surface area contributed by atoms with Gasteiger partial charge in [0.05, 0.1) is 16.8 Å². The van der Waals surface area contributed by atoms with Crippen molar-refractivity contribution in [3.05, 3.63) is 42.2 Å². The molecular weight excluding hydrogens is 500 g/mol. The zero-order valence-electron chi connectivity index (χ0n) is 23.9. The summed E-state index contributed by atoms with van der Waals surface area (Å²) in [6.07, 6.45) is 14.7. The lowest BCUT2D eigenvalue weighted by Crippen LogP contribution is -2.08. The summed E-state index contributed by atoms with van der Waals surface area (Å²) in [5, 5.41) is 7.26. The second-order valence-electron chi connectivity index (χ2n) is 11.3. The van der Waals surface area contributed by atoms with Gasteiger partial charge in [-0.3, -0.25) is 0 Å². The minimum atomic E-state index is -0.112. The molecule has 0 fully saturated rings. The molecule has 0 aliphatic rings. The molecule has 1 atom stereocenters. The summed E-state index contributed by atoms with van der Waals surface area (Å²) >= 11 is 0. The van der Waals surface area contributed by atoms with Crippen molar-refractivity contribution in [2.45, 2.75) is 96.9 Å². The summed E-state index contributed by atoms with van der Waals surface area (Å²) in [5.41, 5.74) is 10.8. The monoisotopic (exact) mass is 542 g/mol. The third-order valence-electron chi connectivity index (χ3n) is 8.22. The van der Waals surface area contributed by atoms with Gasteiger partial charge < -0.3 is 28.7 Å². The smallest absolute Gasteiger partial charge is 0.194 e. The minimum Gasteiger partial charge on any atom is -0.455 e. The molecule has 6 rings (SSSR count). The summed E-state index contributed by atoms with van der Waals surface area (Å²) in [6, 6.07) is 12.2. The van der Waals surface area contributed by atoms with E-state index in [1.54, 1.807) is 0 Å². The maximum Gasteiger partial charge on any atom is 0.194 e. The van der Waals surface area contributed by atoms with Crippen molar-refractivity contribution in [3.63, 3.8) is 0 Å². The molecule has 0 saturated carbocycles. The van der Waals surface area contributed by atoms with Crippen LogP contribution < -0.4 is 11.1 Å². The number of hydrogen-bond acceptors (Lipinski definition) is 6. The van der Waals surface area contributed by atoms with Gasteiger partial charge in [-0.05, 0) is 31.0 Å². The number of furan rings is 4. The van der Waals surface area contributed by atoms with Crippen LogP contribution in [0, 0.1) is 0 Å². The molecule has 40 heavy (non-hydrogen) atoms. The van der Waals surface area contributed by atoms with Crippen LogP contribution in [0.15, 0.2) is 54.1 Å². The first kappa shape index (κ1) is 26.8.